The van der Waals surface area contributed by atoms with Gasteiger partial charge in [0.25, 0.3) is 0 Å². The zero-order valence-electron chi connectivity index (χ0n) is 10.9. The number of benzene rings is 1. The monoisotopic (exact) mass is 342 g/mol. The van der Waals surface area contributed by atoms with Crippen molar-refractivity contribution < 1.29 is 14.6 Å². The molecule has 0 aliphatic heterocycles. The summed E-state index contributed by atoms with van der Waals surface area (Å²) < 4.78 is 11.3. The molecular formula is C14H15BrO3S. The molecule has 1 N–H and O–H groups in total. The van der Waals surface area contributed by atoms with Crippen LogP contribution >= 0.6 is 27.3 Å². The molecule has 0 radical (unpaired) electrons. The molecule has 1 atom stereocenters. The van der Waals surface area contributed by atoms with Gasteiger partial charge in [-0.15, -0.1) is 11.3 Å². The summed E-state index contributed by atoms with van der Waals surface area (Å²) >= 11 is 5.01. The molecule has 102 valence electrons. The van der Waals surface area contributed by atoms with E-state index in [1.54, 1.807) is 37.7 Å². The Hall–Kier alpha value is -1.04. The van der Waals surface area contributed by atoms with E-state index in [4.69, 9.17) is 9.47 Å². The van der Waals surface area contributed by atoms with Crippen LogP contribution in [0.25, 0.3) is 0 Å². The normalized spacial score (nSPS) is 12.3. The summed E-state index contributed by atoms with van der Waals surface area (Å²) in [5.74, 6) is 1.24. The number of hydrogen-bond acceptors (Lipinski definition) is 4. The van der Waals surface area contributed by atoms with Crippen LogP contribution in [0, 0.1) is 6.92 Å². The van der Waals surface area contributed by atoms with Crippen LogP contribution in [0.5, 0.6) is 11.5 Å². The van der Waals surface area contributed by atoms with E-state index in [-0.39, 0.29) is 0 Å². The van der Waals surface area contributed by atoms with Crippen LogP contribution in [-0.4, -0.2) is 19.3 Å². The smallest absolute Gasteiger partial charge is 0.161 e. The number of aliphatic hydroxyl groups is 1. The highest BCUT2D eigenvalue weighted by Crippen LogP contribution is 2.39. The summed E-state index contributed by atoms with van der Waals surface area (Å²) in [5, 5.41) is 12.5. The van der Waals surface area contributed by atoms with Crippen molar-refractivity contribution in [2.75, 3.05) is 14.2 Å². The highest BCUT2D eigenvalue weighted by Gasteiger charge is 2.19. The van der Waals surface area contributed by atoms with E-state index in [2.05, 4.69) is 15.9 Å². The minimum absolute atomic E-state index is 0.606. The first-order valence-electron chi connectivity index (χ1n) is 5.72. The number of methoxy groups -OCH3 is 2. The van der Waals surface area contributed by atoms with E-state index < -0.39 is 6.10 Å². The molecule has 0 aliphatic carbocycles. The predicted octanol–water partition coefficient (Wildman–Crippen LogP) is 3.92. The molecule has 1 heterocycles. The van der Waals surface area contributed by atoms with Crippen LogP contribution < -0.4 is 9.47 Å². The first-order chi connectivity index (χ1) is 9.08. The average molecular weight is 343 g/mol. The van der Waals surface area contributed by atoms with Gasteiger partial charge in [0.1, 0.15) is 6.10 Å². The van der Waals surface area contributed by atoms with Crippen molar-refractivity contribution in [3.05, 3.63) is 44.1 Å². The third kappa shape index (κ3) is 2.78. The van der Waals surface area contributed by atoms with Crippen LogP contribution in [0.4, 0.5) is 0 Å². The molecule has 2 aromatic rings. The number of ether oxygens (including phenoxy) is 2. The van der Waals surface area contributed by atoms with E-state index in [1.807, 2.05) is 18.4 Å². The molecule has 0 bridgehead atoms. The molecule has 0 fully saturated rings. The highest BCUT2D eigenvalue weighted by atomic mass is 79.9. The Morgan fingerprint density at radius 3 is 2.37 bits per heavy atom. The fraction of sp³-hybridized carbons (Fsp3) is 0.286. The van der Waals surface area contributed by atoms with Crippen molar-refractivity contribution in [1.82, 2.24) is 0 Å². The molecule has 0 aliphatic rings. The molecule has 3 nitrogen and oxygen atoms in total. The lowest BCUT2D eigenvalue weighted by Gasteiger charge is -2.16. The van der Waals surface area contributed by atoms with Crippen LogP contribution in [-0.2, 0) is 0 Å². The third-order valence-corrected chi connectivity index (χ3v) is 4.71. The summed E-state index contributed by atoms with van der Waals surface area (Å²) in [6, 6.07) is 5.60. The number of thiophene rings is 1. The van der Waals surface area contributed by atoms with Gasteiger partial charge in [-0.25, -0.2) is 0 Å². The van der Waals surface area contributed by atoms with Crippen molar-refractivity contribution >= 4 is 27.3 Å². The lowest BCUT2D eigenvalue weighted by molar-refractivity contribution is 0.222. The Kier molecular flexibility index (Phi) is 4.50. The molecular weight excluding hydrogens is 328 g/mol. The number of hydrogen-bond donors (Lipinski definition) is 1. The lowest BCUT2D eigenvalue weighted by atomic mass is 10.1. The van der Waals surface area contributed by atoms with Gasteiger partial charge in [-0.2, -0.15) is 0 Å². The zero-order valence-corrected chi connectivity index (χ0v) is 13.3. The van der Waals surface area contributed by atoms with Gasteiger partial charge in [-0.05, 0) is 36.1 Å². The molecule has 0 saturated heterocycles. The van der Waals surface area contributed by atoms with Crippen molar-refractivity contribution in [3.8, 4) is 11.5 Å². The number of aryl methyl sites for hydroxylation is 1. The number of rotatable bonds is 4. The van der Waals surface area contributed by atoms with Crippen molar-refractivity contribution in [3.63, 3.8) is 0 Å². The van der Waals surface area contributed by atoms with E-state index >= 15 is 0 Å². The molecule has 2 rings (SSSR count). The molecule has 1 aromatic carbocycles. The Morgan fingerprint density at radius 2 is 1.84 bits per heavy atom. The fourth-order valence-corrected chi connectivity index (χ4v) is 3.35. The van der Waals surface area contributed by atoms with Crippen molar-refractivity contribution in [1.29, 1.82) is 0 Å². The maximum atomic E-state index is 10.5. The first kappa shape index (κ1) is 14.4. The second kappa shape index (κ2) is 5.94. The van der Waals surface area contributed by atoms with E-state index in [1.165, 1.54) is 0 Å². The minimum Gasteiger partial charge on any atom is -0.493 e. The van der Waals surface area contributed by atoms with Crippen LogP contribution in [0.1, 0.15) is 22.1 Å². The van der Waals surface area contributed by atoms with Crippen molar-refractivity contribution in [2.24, 2.45) is 0 Å². The summed E-state index contributed by atoms with van der Waals surface area (Å²) in [6.07, 6.45) is -0.672. The van der Waals surface area contributed by atoms with Gasteiger partial charge in [0.15, 0.2) is 11.5 Å². The first-order valence-corrected chi connectivity index (χ1v) is 7.39. The van der Waals surface area contributed by atoms with Gasteiger partial charge < -0.3 is 14.6 Å². The van der Waals surface area contributed by atoms with E-state index in [0.29, 0.717) is 11.5 Å². The zero-order chi connectivity index (χ0) is 14.0. The Labute approximate surface area is 124 Å². The minimum atomic E-state index is -0.672. The molecule has 19 heavy (non-hydrogen) atoms. The van der Waals surface area contributed by atoms with E-state index in [0.717, 1.165) is 20.5 Å². The maximum Gasteiger partial charge on any atom is 0.161 e. The topological polar surface area (TPSA) is 38.7 Å². The largest absolute Gasteiger partial charge is 0.493 e. The molecule has 1 unspecified atom stereocenters. The number of aliphatic hydroxyl groups excluding tert-OH is 1. The standard InChI is InChI=1S/C14H15BrO3S/c1-8-4-5-19-14(8)13(16)9-6-11(17-2)12(18-3)7-10(9)15/h4-7,13,16H,1-3H3. The summed E-state index contributed by atoms with van der Waals surface area (Å²) in [4.78, 5) is 0.938. The van der Waals surface area contributed by atoms with Gasteiger partial charge in [-0.3, -0.25) is 0 Å². The quantitative estimate of drug-likeness (QED) is 0.915. The Bertz CT molecular complexity index is 580. The second-order valence-electron chi connectivity index (χ2n) is 4.10. The fourth-order valence-electron chi connectivity index (χ4n) is 1.89. The number of halogens is 1. The maximum absolute atomic E-state index is 10.5. The van der Waals surface area contributed by atoms with Gasteiger partial charge in [0.05, 0.1) is 14.2 Å². The highest BCUT2D eigenvalue weighted by molar-refractivity contribution is 9.10. The predicted molar refractivity (Wildman–Crippen MR) is 80.4 cm³/mol. The van der Waals surface area contributed by atoms with E-state index in [9.17, 15) is 5.11 Å². The average Bonchev–Trinajstić information content (AvgIpc) is 2.83. The van der Waals surface area contributed by atoms with Gasteiger partial charge >= 0.3 is 0 Å². The van der Waals surface area contributed by atoms with Gasteiger partial charge in [0, 0.05) is 14.9 Å². The summed E-state index contributed by atoms with van der Waals surface area (Å²) in [7, 11) is 3.17. The van der Waals surface area contributed by atoms with Crippen LogP contribution in [0.15, 0.2) is 28.1 Å². The molecule has 0 saturated carbocycles. The van der Waals surface area contributed by atoms with Gasteiger partial charge in [0.2, 0.25) is 0 Å². The molecule has 5 heteroatoms. The summed E-state index contributed by atoms with van der Waals surface area (Å²) in [6.45, 7) is 1.99. The Morgan fingerprint density at radius 1 is 1.21 bits per heavy atom. The second-order valence-corrected chi connectivity index (χ2v) is 5.90. The lowest BCUT2D eigenvalue weighted by Crippen LogP contribution is -2.02. The van der Waals surface area contributed by atoms with Gasteiger partial charge in [-0.1, -0.05) is 15.9 Å². The molecule has 1 aromatic heterocycles. The SMILES string of the molecule is COc1cc(Br)c(C(O)c2sccc2C)cc1OC. The van der Waals surface area contributed by atoms with Crippen LogP contribution in [0.2, 0.25) is 0 Å². The Balaban J connectivity index is 2.48. The van der Waals surface area contributed by atoms with Crippen LogP contribution in [0.3, 0.4) is 0 Å². The van der Waals surface area contributed by atoms with Crippen molar-refractivity contribution in [2.45, 2.75) is 13.0 Å². The third-order valence-electron chi connectivity index (χ3n) is 2.95. The molecule has 0 spiro atoms. The summed E-state index contributed by atoms with van der Waals surface area (Å²) in [5.41, 5.74) is 1.85. The molecule has 0 amide bonds.